The number of ketones is 1. The molecular weight excluding hydrogens is 706 g/mol. The number of aliphatic hydroxyl groups is 6. The average Bonchev–Trinajstić information content (AvgIpc) is 3.08. The Morgan fingerprint density at radius 2 is 1.67 bits per heavy atom. The Bertz CT molecular complexity index is 1320. The summed E-state index contributed by atoms with van der Waals surface area (Å²) in [4.78, 5) is 38.2. The second-order valence-electron chi connectivity index (χ2n) is 14.7. The molecule has 2 bridgehead atoms. The van der Waals surface area contributed by atoms with Gasteiger partial charge in [0.15, 0.2) is 12.1 Å². The summed E-state index contributed by atoms with van der Waals surface area (Å²) in [5.41, 5.74) is 6.00. The zero-order valence-electron chi connectivity index (χ0n) is 31.5. The van der Waals surface area contributed by atoms with E-state index in [1.807, 2.05) is 13.0 Å². The van der Waals surface area contributed by atoms with Crippen LogP contribution >= 0.6 is 0 Å². The zero-order chi connectivity index (χ0) is 40.0. The van der Waals surface area contributed by atoms with Crippen LogP contribution in [0.2, 0.25) is 0 Å². The maximum atomic E-state index is 13.0. The number of carboxylic acid groups (broad SMARTS) is 1. The Hall–Kier alpha value is -2.83. The predicted molar refractivity (Wildman–Crippen MR) is 195 cm³/mol. The van der Waals surface area contributed by atoms with Crippen LogP contribution in [0.3, 0.4) is 0 Å². The monoisotopic (exact) mass is 767 g/mol. The van der Waals surface area contributed by atoms with Crippen molar-refractivity contribution in [3.8, 4) is 0 Å². The van der Waals surface area contributed by atoms with Crippen molar-refractivity contribution in [3.63, 3.8) is 0 Å². The van der Waals surface area contributed by atoms with E-state index >= 15 is 0 Å². The Morgan fingerprint density at radius 3 is 2.33 bits per heavy atom. The van der Waals surface area contributed by atoms with Crippen molar-refractivity contribution in [1.29, 1.82) is 0 Å². The van der Waals surface area contributed by atoms with E-state index in [1.54, 1.807) is 56.4 Å². The van der Waals surface area contributed by atoms with E-state index in [1.165, 1.54) is 0 Å². The van der Waals surface area contributed by atoms with Gasteiger partial charge in [-0.15, -0.1) is 0 Å². The first-order valence-corrected chi connectivity index (χ1v) is 19.1. The lowest BCUT2D eigenvalue weighted by atomic mass is 9.83. The molecule has 2 fully saturated rings. The quantitative estimate of drug-likeness (QED) is 0.179. The van der Waals surface area contributed by atoms with Crippen molar-refractivity contribution < 1.29 is 69.1 Å². The van der Waals surface area contributed by atoms with Crippen molar-refractivity contribution >= 4 is 17.7 Å². The number of esters is 1. The number of hydrogen-bond donors (Lipinski definition) is 8. The summed E-state index contributed by atoms with van der Waals surface area (Å²) < 4.78 is 23.4. The van der Waals surface area contributed by atoms with Crippen LogP contribution in [0, 0.1) is 11.8 Å². The van der Waals surface area contributed by atoms with Crippen LogP contribution in [0.15, 0.2) is 48.6 Å². The third kappa shape index (κ3) is 13.7. The molecule has 14 atom stereocenters. The first-order chi connectivity index (χ1) is 25.6. The molecule has 0 amide bonds. The SMILES string of the molecule is CCC[C@@H]1C/C=C/C=C/C=C/C=C/[C@H](O[C@@H]2O[C@H](C)[C@@H](O)[C@H](N)[C@@H]2O)C[C@@H]2O[C@](O)(C[C@@H](O)CCCC(=O)C[C@@H](O)[C@H](CC)C(=O)O1)C[C@H](O)[C@H]2C(=O)O. The molecule has 54 heavy (non-hydrogen) atoms. The number of fused-ring (bicyclic) bond motifs is 2. The minimum Gasteiger partial charge on any atom is -0.481 e. The van der Waals surface area contributed by atoms with E-state index in [0.717, 1.165) is 6.42 Å². The summed E-state index contributed by atoms with van der Waals surface area (Å²) in [5, 5.41) is 75.1. The highest BCUT2D eigenvalue weighted by Crippen LogP contribution is 2.38. The highest BCUT2D eigenvalue weighted by atomic mass is 16.7. The van der Waals surface area contributed by atoms with Gasteiger partial charge in [0.05, 0.1) is 54.7 Å². The predicted octanol–water partition coefficient (Wildman–Crippen LogP) is 1.70. The molecule has 3 rings (SSSR count). The smallest absolute Gasteiger partial charge is 0.311 e. The van der Waals surface area contributed by atoms with Gasteiger partial charge in [0.1, 0.15) is 23.9 Å². The lowest BCUT2D eigenvalue weighted by molar-refractivity contribution is -0.308. The fraction of sp³-hybridized carbons (Fsp3) is 0.718. The molecule has 0 aromatic rings. The molecule has 15 heteroatoms. The van der Waals surface area contributed by atoms with Crippen LogP contribution in [0.5, 0.6) is 0 Å². The number of cyclic esters (lactones) is 1. The second kappa shape index (κ2) is 22.0. The second-order valence-corrected chi connectivity index (χ2v) is 14.7. The first kappa shape index (κ1) is 45.6. The molecule has 3 aliphatic rings. The summed E-state index contributed by atoms with van der Waals surface area (Å²) in [6.07, 6.45) is 2.99. The number of nitrogens with two attached hydrogens (primary N) is 1. The van der Waals surface area contributed by atoms with Crippen molar-refractivity contribution in [2.75, 3.05) is 0 Å². The molecule has 3 aliphatic heterocycles. The number of carboxylic acids is 1. The topological polar surface area (TPSA) is 256 Å². The van der Waals surface area contributed by atoms with Crippen LogP contribution in [0.1, 0.15) is 91.4 Å². The molecule has 0 saturated carbocycles. The average molecular weight is 768 g/mol. The third-order valence-electron chi connectivity index (χ3n) is 10.2. The van der Waals surface area contributed by atoms with Gasteiger partial charge in [-0.05, 0) is 32.6 Å². The van der Waals surface area contributed by atoms with Crippen LogP contribution in [0.4, 0.5) is 0 Å². The van der Waals surface area contributed by atoms with Crippen LogP contribution in [-0.4, -0.2) is 127 Å². The van der Waals surface area contributed by atoms with Gasteiger partial charge in [-0.2, -0.15) is 0 Å². The molecule has 306 valence electrons. The van der Waals surface area contributed by atoms with Gasteiger partial charge in [0, 0.05) is 38.5 Å². The van der Waals surface area contributed by atoms with Gasteiger partial charge < -0.3 is 60.4 Å². The highest BCUT2D eigenvalue weighted by molar-refractivity contribution is 5.80. The number of allylic oxidation sites excluding steroid dienone is 6. The summed E-state index contributed by atoms with van der Waals surface area (Å²) in [6.45, 7) is 5.27. The largest absolute Gasteiger partial charge is 0.481 e. The molecule has 0 spiro atoms. The van der Waals surface area contributed by atoms with Crippen molar-refractivity contribution in [2.24, 2.45) is 17.6 Å². The normalized spacial score (nSPS) is 42.3. The zero-order valence-corrected chi connectivity index (χ0v) is 31.5. The Kier molecular flexibility index (Phi) is 18.6. The minimum absolute atomic E-state index is 0.0177. The Labute approximate surface area is 317 Å². The summed E-state index contributed by atoms with van der Waals surface area (Å²) in [7, 11) is 0. The van der Waals surface area contributed by atoms with E-state index in [4.69, 9.17) is 24.7 Å². The van der Waals surface area contributed by atoms with Gasteiger partial charge in [-0.25, -0.2) is 0 Å². The van der Waals surface area contributed by atoms with Gasteiger partial charge >= 0.3 is 11.9 Å². The number of Topliss-reactive ketones (excluding diaryl/α,β-unsaturated/α-hetero) is 1. The van der Waals surface area contributed by atoms with Crippen molar-refractivity contribution in [2.45, 2.75) is 164 Å². The number of carbonyl (C=O) groups excluding carboxylic acids is 2. The van der Waals surface area contributed by atoms with Crippen LogP contribution in [-0.2, 0) is 33.3 Å². The maximum absolute atomic E-state index is 13.0. The summed E-state index contributed by atoms with van der Waals surface area (Å²) in [5.74, 6) is -6.81. The molecule has 0 unspecified atom stereocenters. The lowest BCUT2D eigenvalue weighted by Gasteiger charge is -2.45. The van der Waals surface area contributed by atoms with E-state index in [-0.39, 0.29) is 44.3 Å². The number of hydrogen-bond acceptors (Lipinski definition) is 14. The van der Waals surface area contributed by atoms with Gasteiger partial charge in [0.25, 0.3) is 0 Å². The molecule has 0 radical (unpaired) electrons. The minimum atomic E-state index is -2.15. The van der Waals surface area contributed by atoms with E-state index < -0.39 is 110 Å². The maximum Gasteiger partial charge on any atom is 0.311 e. The molecule has 15 nitrogen and oxygen atoms in total. The molecule has 0 aliphatic carbocycles. The Balaban J connectivity index is 1.90. The Morgan fingerprint density at radius 1 is 0.981 bits per heavy atom. The molecule has 0 aromatic heterocycles. The number of carbonyl (C=O) groups is 3. The fourth-order valence-corrected chi connectivity index (χ4v) is 7.15. The van der Waals surface area contributed by atoms with Gasteiger partial charge in [-0.3, -0.25) is 14.4 Å². The molecule has 0 aromatic carbocycles. The van der Waals surface area contributed by atoms with E-state index in [2.05, 4.69) is 0 Å². The van der Waals surface area contributed by atoms with Crippen molar-refractivity contribution in [3.05, 3.63) is 48.6 Å². The van der Waals surface area contributed by atoms with Crippen LogP contribution < -0.4 is 5.73 Å². The number of rotatable bonds is 6. The number of aliphatic carboxylic acids is 1. The van der Waals surface area contributed by atoms with Gasteiger partial charge in [-0.1, -0.05) is 68.9 Å². The third-order valence-corrected chi connectivity index (χ3v) is 10.2. The summed E-state index contributed by atoms with van der Waals surface area (Å²) >= 11 is 0. The highest BCUT2D eigenvalue weighted by Gasteiger charge is 2.50. The molecule has 3 heterocycles. The first-order valence-electron chi connectivity index (χ1n) is 19.1. The summed E-state index contributed by atoms with van der Waals surface area (Å²) in [6, 6.07) is -1.10. The van der Waals surface area contributed by atoms with Crippen LogP contribution in [0.25, 0.3) is 0 Å². The fourth-order valence-electron chi connectivity index (χ4n) is 7.15. The van der Waals surface area contributed by atoms with Crippen molar-refractivity contribution in [1.82, 2.24) is 0 Å². The molecular formula is C39H61NO14. The molecule has 9 N–H and O–H groups in total. The molecule has 2 saturated heterocycles. The van der Waals surface area contributed by atoms with Gasteiger partial charge in [0.2, 0.25) is 0 Å². The number of ether oxygens (including phenoxy) is 4. The van der Waals surface area contributed by atoms with E-state index in [0.29, 0.717) is 12.8 Å². The number of aliphatic hydroxyl groups excluding tert-OH is 5. The lowest BCUT2D eigenvalue weighted by Crippen LogP contribution is -2.61. The van der Waals surface area contributed by atoms with E-state index in [9.17, 15) is 50.1 Å². The standard InChI is InChI=1S/C39H61NO14/c1-4-14-26-17-11-9-7-6-8-10-12-18-27(53-38-35(46)33(40)34(45)23(3)51-38)20-31-32(36(47)48)30(44)22-39(50,54-31)21-25(42)16-13-15-24(41)19-29(43)28(5-2)37(49)52-26/h6-12,18,23,25-35,38,42-46,50H,4-5,13-17,19-22,40H2,1-3H3,(H,47,48)/b7-6+,10-8+,11-9+,18-12+/t23-,25+,26-,27+,28+,29-,30+,31+,32-,33+,34-,35+,38+,39-/m1/s1.